The number of hydrogen-bond donors (Lipinski definition) is 2. The van der Waals surface area contributed by atoms with E-state index in [9.17, 15) is 13.2 Å². The van der Waals surface area contributed by atoms with Gasteiger partial charge in [0, 0.05) is 12.0 Å². The number of furan rings is 1. The van der Waals surface area contributed by atoms with E-state index in [1.54, 1.807) is 25.1 Å². The zero-order valence-electron chi connectivity index (χ0n) is 16.1. The third-order valence-electron chi connectivity index (χ3n) is 4.21. The van der Waals surface area contributed by atoms with Crippen molar-refractivity contribution in [3.8, 4) is 0 Å². The third kappa shape index (κ3) is 5.49. The SMILES string of the molecule is CCCCc1nnc(NC(=O)c2cc(S(=O)(=O)NCc3ccco3)ccc2C)s1. The molecule has 154 valence electrons. The maximum atomic E-state index is 12.7. The van der Waals surface area contributed by atoms with Crippen LogP contribution < -0.4 is 10.0 Å². The van der Waals surface area contributed by atoms with Crippen molar-refractivity contribution in [3.63, 3.8) is 0 Å². The molecule has 2 aromatic heterocycles. The first-order chi connectivity index (χ1) is 13.9. The van der Waals surface area contributed by atoms with Gasteiger partial charge in [0.1, 0.15) is 10.8 Å². The van der Waals surface area contributed by atoms with Gasteiger partial charge in [0.25, 0.3) is 5.91 Å². The monoisotopic (exact) mass is 434 g/mol. The van der Waals surface area contributed by atoms with Crippen molar-refractivity contribution < 1.29 is 17.6 Å². The van der Waals surface area contributed by atoms with Crippen LogP contribution in [0.25, 0.3) is 0 Å². The zero-order chi connectivity index (χ0) is 20.9. The Morgan fingerprint density at radius 3 is 2.79 bits per heavy atom. The number of benzene rings is 1. The van der Waals surface area contributed by atoms with Crippen LogP contribution in [0.5, 0.6) is 0 Å². The summed E-state index contributed by atoms with van der Waals surface area (Å²) in [7, 11) is -3.80. The second-order valence-electron chi connectivity index (χ2n) is 6.44. The van der Waals surface area contributed by atoms with Crippen LogP contribution in [0.3, 0.4) is 0 Å². The topological polar surface area (TPSA) is 114 Å². The van der Waals surface area contributed by atoms with E-state index in [2.05, 4.69) is 27.2 Å². The first-order valence-corrected chi connectivity index (χ1v) is 11.5. The molecule has 29 heavy (non-hydrogen) atoms. The van der Waals surface area contributed by atoms with Gasteiger partial charge in [-0.15, -0.1) is 10.2 Å². The number of aromatic nitrogens is 2. The predicted octanol–water partition coefficient (Wildman–Crippen LogP) is 3.51. The fraction of sp³-hybridized carbons (Fsp3) is 0.316. The van der Waals surface area contributed by atoms with Crippen LogP contribution in [-0.4, -0.2) is 24.5 Å². The summed E-state index contributed by atoms with van der Waals surface area (Å²) in [6, 6.07) is 7.77. The lowest BCUT2D eigenvalue weighted by Gasteiger charge is -2.10. The van der Waals surface area contributed by atoms with Crippen molar-refractivity contribution in [2.75, 3.05) is 5.32 Å². The van der Waals surface area contributed by atoms with Crippen LogP contribution in [0.15, 0.2) is 45.9 Å². The van der Waals surface area contributed by atoms with Crippen LogP contribution in [0.1, 0.15) is 46.5 Å². The zero-order valence-corrected chi connectivity index (χ0v) is 17.8. The highest BCUT2D eigenvalue weighted by Crippen LogP contribution is 2.21. The van der Waals surface area contributed by atoms with Gasteiger partial charge in [0.2, 0.25) is 15.2 Å². The maximum Gasteiger partial charge on any atom is 0.257 e. The molecule has 0 spiro atoms. The molecule has 0 aliphatic rings. The average molecular weight is 435 g/mol. The number of rotatable bonds is 9. The lowest BCUT2D eigenvalue weighted by Crippen LogP contribution is -2.24. The molecule has 0 radical (unpaired) electrons. The quantitative estimate of drug-likeness (QED) is 0.533. The number of nitrogens with zero attached hydrogens (tertiary/aromatic N) is 2. The first kappa shape index (κ1) is 21.2. The summed E-state index contributed by atoms with van der Waals surface area (Å²) < 4.78 is 32.7. The number of sulfonamides is 1. The highest BCUT2D eigenvalue weighted by atomic mass is 32.2. The van der Waals surface area contributed by atoms with E-state index >= 15 is 0 Å². The summed E-state index contributed by atoms with van der Waals surface area (Å²) in [6.07, 6.45) is 4.35. The van der Waals surface area contributed by atoms with Gasteiger partial charge < -0.3 is 4.42 Å². The minimum Gasteiger partial charge on any atom is -0.468 e. The van der Waals surface area contributed by atoms with Crippen LogP contribution in [-0.2, 0) is 23.0 Å². The molecular weight excluding hydrogens is 412 g/mol. The molecule has 0 saturated carbocycles. The molecule has 2 heterocycles. The molecule has 3 rings (SSSR count). The van der Waals surface area contributed by atoms with Crippen LogP contribution >= 0.6 is 11.3 Å². The van der Waals surface area contributed by atoms with Crippen molar-refractivity contribution in [2.24, 2.45) is 0 Å². The highest BCUT2D eigenvalue weighted by Gasteiger charge is 2.19. The summed E-state index contributed by atoms with van der Waals surface area (Å²) in [5.41, 5.74) is 0.916. The van der Waals surface area contributed by atoms with Crippen molar-refractivity contribution in [1.82, 2.24) is 14.9 Å². The highest BCUT2D eigenvalue weighted by molar-refractivity contribution is 7.89. The molecule has 1 amide bonds. The number of carbonyl (C=O) groups is 1. The normalized spacial score (nSPS) is 11.5. The number of anilines is 1. The standard InChI is InChI=1S/C19H22N4O4S2/c1-3-4-7-17-22-23-19(28-17)21-18(24)16-11-15(9-8-13(16)2)29(25,26)20-12-14-6-5-10-27-14/h5-6,8-11,20H,3-4,7,12H2,1-2H3,(H,21,23,24). The second-order valence-corrected chi connectivity index (χ2v) is 9.27. The molecule has 1 aromatic carbocycles. The Morgan fingerprint density at radius 2 is 2.07 bits per heavy atom. The molecule has 0 aliphatic heterocycles. The third-order valence-corrected chi connectivity index (χ3v) is 6.51. The second kappa shape index (κ2) is 9.29. The molecule has 3 aromatic rings. The van der Waals surface area contributed by atoms with Gasteiger partial charge in [-0.25, -0.2) is 13.1 Å². The summed E-state index contributed by atoms with van der Waals surface area (Å²) in [5, 5.41) is 12.0. The van der Waals surface area contributed by atoms with Crippen LogP contribution in [0, 0.1) is 6.92 Å². The molecule has 0 aliphatic carbocycles. The van der Waals surface area contributed by atoms with Gasteiger partial charge in [-0.05, 0) is 43.2 Å². The number of hydrogen-bond acceptors (Lipinski definition) is 7. The van der Waals surface area contributed by atoms with Gasteiger partial charge in [-0.1, -0.05) is 30.7 Å². The van der Waals surface area contributed by atoms with E-state index in [1.807, 2.05) is 0 Å². The van der Waals surface area contributed by atoms with E-state index in [-0.39, 0.29) is 17.0 Å². The molecular formula is C19H22N4O4S2. The molecule has 8 nitrogen and oxygen atoms in total. The minimum atomic E-state index is -3.80. The van der Waals surface area contributed by atoms with Crippen molar-refractivity contribution >= 4 is 32.4 Å². The predicted molar refractivity (Wildman–Crippen MR) is 110 cm³/mol. The molecule has 2 N–H and O–H groups in total. The molecule has 0 saturated heterocycles. The van der Waals surface area contributed by atoms with Crippen molar-refractivity contribution in [3.05, 3.63) is 58.5 Å². The summed E-state index contributed by atoms with van der Waals surface area (Å²) >= 11 is 1.32. The molecule has 0 unspecified atom stereocenters. The van der Waals surface area contributed by atoms with E-state index < -0.39 is 15.9 Å². The van der Waals surface area contributed by atoms with E-state index in [0.29, 0.717) is 16.5 Å². The molecule has 0 fully saturated rings. The Balaban J connectivity index is 1.73. The van der Waals surface area contributed by atoms with E-state index in [1.165, 1.54) is 29.7 Å². The summed E-state index contributed by atoms with van der Waals surface area (Å²) in [5.74, 6) is 0.0672. The number of carbonyl (C=O) groups excluding carboxylic acids is 1. The largest absolute Gasteiger partial charge is 0.468 e. The average Bonchev–Trinajstić information content (AvgIpc) is 3.37. The van der Waals surface area contributed by atoms with Gasteiger partial charge in [-0.2, -0.15) is 0 Å². The van der Waals surface area contributed by atoms with Crippen molar-refractivity contribution in [2.45, 2.75) is 44.6 Å². The Kier molecular flexibility index (Phi) is 6.78. The Bertz CT molecular complexity index is 1080. The smallest absolute Gasteiger partial charge is 0.257 e. The van der Waals surface area contributed by atoms with Crippen molar-refractivity contribution in [1.29, 1.82) is 0 Å². The maximum absolute atomic E-state index is 12.7. The Morgan fingerprint density at radius 1 is 1.24 bits per heavy atom. The molecule has 0 bridgehead atoms. The fourth-order valence-electron chi connectivity index (χ4n) is 2.57. The Hall–Kier alpha value is -2.56. The lowest BCUT2D eigenvalue weighted by molar-refractivity contribution is 0.102. The fourth-order valence-corrected chi connectivity index (χ4v) is 4.37. The van der Waals surface area contributed by atoms with E-state index in [0.717, 1.165) is 24.3 Å². The number of unbranched alkanes of at least 4 members (excludes halogenated alkanes) is 1. The number of nitrogens with one attached hydrogen (secondary N) is 2. The summed E-state index contributed by atoms with van der Waals surface area (Å²) in [4.78, 5) is 12.7. The number of amides is 1. The van der Waals surface area contributed by atoms with Gasteiger partial charge >= 0.3 is 0 Å². The Labute approximate surface area is 173 Å². The number of aryl methyl sites for hydroxylation is 2. The van der Waals surface area contributed by atoms with Crippen LogP contribution in [0.4, 0.5) is 5.13 Å². The lowest BCUT2D eigenvalue weighted by atomic mass is 10.1. The van der Waals surface area contributed by atoms with Crippen LogP contribution in [0.2, 0.25) is 0 Å². The van der Waals surface area contributed by atoms with Gasteiger partial charge in [0.15, 0.2) is 0 Å². The summed E-state index contributed by atoms with van der Waals surface area (Å²) in [6.45, 7) is 3.86. The first-order valence-electron chi connectivity index (χ1n) is 9.15. The van der Waals surface area contributed by atoms with Gasteiger partial charge in [-0.3, -0.25) is 10.1 Å². The minimum absolute atomic E-state index is 0.000653. The van der Waals surface area contributed by atoms with E-state index in [4.69, 9.17) is 4.42 Å². The molecule has 0 atom stereocenters. The molecule has 10 heteroatoms. The van der Waals surface area contributed by atoms with Gasteiger partial charge in [0.05, 0.1) is 17.7 Å².